The van der Waals surface area contributed by atoms with Crippen LogP contribution >= 0.6 is 24.0 Å². The van der Waals surface area contributed by atoms with Gasteiger partial charge in [-0.05, 0) is 25.3 Å². The topological polar surface area (TPSA) is 82.8 Å². The minimum Gasteiger partial charge on any atom is -0.496 e. The lowest BCUT2D eigenvalue weighted by Gasteiger charge is -2.12. The summed E-state index contributed by atoms with van der Waals surface area (Å²) >= 11 is 5.96. The lowest BCUT2D eigenvalue weighted by molar-refractivity contribution is 0.0166. The van der Waals surface area contributed by atoms with Gasteiger partial charge < -0.3 is 25.3 Å². The van der Waals surface area contributed by atoms with E-state index in [1.807, 2.05) is 0 Å². The fourth-order valence-corrected chi connectivity index (χ4v) is 2.54. The number of halogens is 2. The number of nitrogen functional groups attached to an aromatic ring is 1. The van der Waals surface area contributed by atoms with Crippen LogP contribution in [0.4, 0.5) is 5.69 Å². The van der Waals surface area contributed by atoms with Crippen LogP contribution in [0.3, 0.4) is 0 Å². The molecule has 0 radical (unpaired) electrons. The highest BCUT2D eigenvalue weighted by molar-refractivity contribution is 6.33. The highest BCUT2D eigenvalue weighted by Gasteiger charge is 2.16. The van der Waals surface area contributed by atoms with Gasteiger partial charge in [0, 0.05) is 25.8 Å². The Bertz CT molecular complexity index is 537. The van der Waals surface area contributed by atoms with Crippen molar-refractivity contribution in [3.8, 4) is 5.75 Å². The van der Waals surface area contributed by atoms with E-state index in [2.05, 4.69) is 5.32 Å². The molecule has 2 rings (SSSR count). The number of rotatable bonds is 8. The van der Waals surface area contributed by atoms with Gasteiger partial charge in [0.25, 0.3) is 5.91 Å². The van der Waals surface area contributed by atoms with Crippen molar-refractivity contribution < 1.29 is 19.0 Å². The van der Waals surface area contributed by atoms with Gasteiger partial charge in [-0.15, -0.1) is 12.4 Å². The SMILES string of the molecule is COc1cc(N)c(Cl)cc1C(=O)NCCCOCC1CCCO1.Cl. The first-order valence-electron chi connectivity index (χ1n) is 7.72. The van der Waals surface area contributed by atoms with Gasteiger partial charge in [-0.3, -0.25) is 4.79 Å². The number of carbonyl (C=O) groups is 1. The van der Waals surface area contributed by atoms with Crippen molar-refractivity contribution in [3.05, 3.63) is 22.7 Å². The van der Waals surface area contributed by atoms with Crippen LogP contribution in [0.1, 0.15) is 29.6 Å². The van der Waals surface area contributed by atoms with Crippen molar-refractivity contribution in [1.82, 2.24) is 5.32 Å². The second kappa shape index (κ2) is 10.6. The lowest BCUT2D eigenvalue weighted by Crippen LogP contribution is -2.26. The number of amides is 1. The van der Waals surface area contributed by atoms with E-state index in [-0.39, 0.29) is 24.4 Å². The van der Waals surface area contributed by atoms with E-state index in [1.54, 1.807) is 6.07 Å². The minimum atomic E-state index is -0.247. The third-order valence-electron chi connectivity index (χ3n) is 3.64. The number of methoxy groups -OCH3 is 1. The van der Waals surface area contributed by atoms with E-state index in [0.29, 0.717) is 41.8 Å². The van der Waals surface area contributed by atoms with E-state index < -0.39 is 0 Å². The summed E-state index contributed by atoms with van der Waals surface area (Å²) in [5.74, 6) is 0.155. The first-order valence-corrected chi connectivity index (χ1v) is 8.10. The second-order valence-corrected chi connectivity index (χ2v) is 5.80. The van der Waals surface area contributed by atoms with Crippen LogP contribution in [0.5, 0.6) is 5.75 Å². The second-order valence-electron chi connectivity index (χ2n) is 5.39. The standard InChI is InChI=1S/C16H23ClN2O4.ClH/c1-21-15-9-14(18)13(17)8-12(15)16(20)19-5-3-6-22-10-11-4-2-7-23-11;/h8-9,11H,2-7,10,18H2,1H3,(H,19,20);1H. The summed E-state index contributed by atoms with van der Waals surface area (Å²) in [6.07, 6.45) is 3.12. The van der Waals surface area contributed by atoms with Crippen LogP contribution in [0.15, 0.2) is 12.1 Å². The largest absolute Gasteiger partial charge is 0.496 e. The van der Waals surface area contributed by atoms with E-state index in [9.17, 15) is 4.79 Å². The van der Waals surface area contributed by atoms with Crippen LogP contribution in [-0.2, 0) is 9.47 Å². The number of benzene rings is 1. The number of nitrogens with two attached hydrogens (primary N) is 1. The fourth-order valence-electron chi connectivity index (χ4n) is 2.38. The summed E-state index contributed by atoms with van der Waals surface area (Å²) in [5, 5.41) is 3.15. The van der Waals surface area contributed by atoms with Gasteiger partial charge in [0.2, 0.25) is 0 Å². The molecule has 1 aliphatic heterocycles. The number of hydrogen-bond donors (Lipinski definition) is 2. The predicted molar refractivity (Wildman–Crippen MR) is 96.4 cm³/mol. The molecular weight excluding hydrogens is 355 g/mol. The molecule has 1 aliphatic rings. The van der Waals surface area contributed by atoms with E-state index >= 15 is 0 Å². The van der Waals surface area contributed by atoms with Crippen LogP contribution < -0.4 is 15.8 Å². The van der Waals surface area contributed by atoms with Crippen molar-refractivity contribution in [2.24, 2.45) is 0 Å². The molecule has 1 aromatic carbocycles. The molecule has 0 aromatic heterocycles. The maximum absolute atomic E-state index is 12.2. The van der Waals surface area contributed by atoms with Gasteiger partial charge >= 0.3 is 0 Å². The predicted octanol–water partition coefficient (Wildman–Crippen LogP) is 2.67. The summed E-state index contributed by atoms with van der Waals surface area (Å²) in [4.78, 5) is 12.2. The maximum atomic E-state index is 12.2. The molecule has 6 nitrogen and oxygen atoms in total. The zero-order valence-electron chi connectivity index (χ0n) is 13.7. The fraction of sp³-hybridized carbons (Fsp3) is 0.562. The van der Waals surface area contributed by atoms with Gasteiger partial charge in [-0.1, -0.05) is 11.6 Å². The third kappa shape index (κ3) is 6.02. The quantitative estimate of drug-likeness (QED) is 0.536. The number of carbonyl (C=O) groups excluding carboxylic acids is 1. The van der Waals surface area contributed by atoms with E-state index in [4.69, 9.17) is 31.5 Å². The molecule has 136 valence electrons. The monoisotopic (exact) mass is 378 g/mol. The molecule has 3 N–H and O–H groups in total. The molecule has 1 aromatic rings. The van der Waals surface area contributed by atoms with Gasteiger partial charge in [0.05, 0.1) is 36.1 Å². The number of hydrogen-bond acceptors (Lipinski definition) is 5. The normalized spacial score (nSPS) is 16.5. The molecule has 8 heteroatoms. The van der Waals surface area contributed by atoms with Crippen molar-refractivity contribution in [2.45, 2.75) is 25.4 Å². The Kier molecular flexibility index (Phi) is 9.21. The summed E-state index contributed by atoms with van der Waals surface area (Å²) in [5.41, 5.74) is 6.45. The molecule has 1 unspecified atom stereocenters. The Morgan fingerprint density at radius 3 is 2.96 bits per heavy atom. The Morgan fingerprint density at radius 2 is 2.29 bits per heavy atom. The Balaban J connectivity index is 0.00000288. The average molecular weight is 379 g/mol. The molecular formula is C16H24Cl2N2O4. The molecule has 1 amide bonds. The van der Waals surface area contributed by atoms with Crippen LogP contribution in [0.2, 0.25) is 5.02 Å². The summed E-state index contributed by atoms with van der Waals surface area (Å²) in [6, 6.07) is 3.06. The maximum Gasteiger partial charge on any atom is 0.255 e. The Labute approximate surface area is 153 Å². The van der Waals surface area contributed by atoms with Gasteiger partial charge in [-0.25, -0.2) is 0 Å². The van der Waals surface area contributed by atoms with Crippen molar-refractivity contribution >= 4 is 35.6 Å². The van der Waals surface area contributed by atoms with Crippen LogP contribution in [0, 0.1) is 0 Å². The zero-order valence-corrected chi connectivity index (χ0v) is 15.3. The molecule has 1 saturated heterocycles. The number of anilines is 1. The summed E-state index contributed by atoms with van der Waals surface area (Å²) in [7, 11) is 1.48. The smallest absolute Gasteiger partial charge is 0.255 e. The molecule has 0 spiro atoms. The lowest BCUT2D eigenvalue weighted by atomic mass is 10.1. The molecule has 0 aliphatic carbocycles. The summed E-state index contributed by atoms with van der Waals surface area (Å²) < 4.78 is 16.2. The van der Waals surface area contributed by atoms with E-state index in [1.165, 1.54) is 13.2 Å². The molecule has 1 atom stereocenters. The molecule has 0 bridgehead atoms. The van der Waals surface area contributed by atoms with Gasteiger partial charge in [0.15, 0.2) is 0 Å². The number of ether oxygens (including phenoxy) is 3. The van der Waals surface area contributed by atoms with Crippen molar-refractivity contribution in [2.75, 3.05) is 39.2 Å². The van der Waals surface area contributed by atoms with Gasteiger partial charge in [0.1, 0.15) is 5.75 Å². The molecule has 0 saturated carbocycles. The molecule has 24 heavy (non-hydrogen) atoms. The molecule has 1 fully saturated rings. The van der Waals surface area contributed by atoms with E-state index in [0.717, 1.165) is 25.9 Å². The number of nitrogens with one attached hydrogen (secondary N) is 1. The first kappa shape index (κ1) is 20.8. The van der Waals surface area contributed by atoms with Crippen LogP contribution in [0.25, 0.3) is 0 Å². The van der Waals surface area contributed by atoms with Gasteiger partial charge in [-0.2, -0.15) is 0 Å². The Hall–Kier alpha value is -1.21. The summed E-state index contributed by atoms with van der Waals surface area (Å²) in [6.45, 7) is 2.54. The highest BCUT2D eigenvalue weighted by Crippen LogP contribution is 2.28. The average Bonchev–Trinajstić information content (AvgIpc) is 3.06. The third-order valence-corrected chi connectivity index (χ3v) is 3.97. The van der Waals surface area contributed by atoms with Crippen molar-refractivity contribution in [3.63, 3.8) is 0 Å². The molecule has 1 heterocycles. The van der Waals surface area contributed by atoms with Crippen molar-refractivity contribution in [1.29, 1.82) is 0 Å². The highest BCUT2D eigenvalue weighted by atomic mass is 35.5. The first-order chi connectivity index (χ1) is 11.1. The zero-order chi connectivity index (χ0) is 16.7. The van der Waals surface area contributed by atoms with Crippen LogP contribution in [-0.4, -0.2) is 45.5 Å². The Morgan fingerprint density at radius 1 is 1.50 bits per heavy atom. The minimum absolute atomic E-state index is 0.